The third-order valence-corrected chi connectivity index (χ3v) is 5.59. The summed E-state index contributed by atoms with van der Waals surface area (Å²) in [6, 6.07) is 12.3. The lowest BCUT2D eigenvalue weighted by Crippen LogP contribution is -2.52. The van der Waals surface area contributed by atoms with Crippen molar-refractivity contribution in [3.05, 3.63) is 60.4 Å². The van der Waals surface area contributed by atoms with E-state index in [1.54, 1.807) is 17.0 Å². The van der Waals surface area contributed by atoms with E-state index in [4.69, 9.17) is 8.94 Å². The van der Waals surface area contributed by atoms with Crippen LogP contribution in [0, 0.1) is 5.92 Å². The Kier molecular flexibility index (Phi) is 6.16. The zero-order valence-electron chi connectivity index (χ0n) is 17.7. The van der Waals surface area contributed by atoms with Crippen LogP contribution in [-0.4, -0.2) is 46.0 Å². The van der Waals surface area contributed by atoms with Gasteiger partial charge >= 0.3 is 0 Å². The molecule has 3 aromatic rings. The summed E-state index contributed by atoms with van der Waals surface area (Å²) in [7, 11) is 0. The zero-order chi connectivity index (χ0) is 21.8. The number of carbonyl (C=O) groups excluding carboxylic acids is 2. The van der Waals surface area contributed by atoms with Gasteiger partial charge in [0, 0.05) is 24.6 Å². The van der Waals surface area contributed by atoms with Gasteiger partial charge in [0.1, 0.15) is 6.04 Å². The maximum atomic E-state index is 13.1. The van der Waals surface area contributed by atoms with Crippen molar-refractivity contribution in [2.24, 2.45) is 5.92 Å². The average Bonchev–Trinajstić information content (AvgIpc) is 3.50. The summed E-state index contributed by atoms with van der Waals surface area (Å²) in [4.78, 5) is 31.8. The summed E-state index contributed by atoms with van der Waals surface area (Å²) in [6.45, 7) is 4.99. The lowest BCUT2D eigenvalue weighted by atomic mass is 9.95. The number of nitrogens with zero attached hydrogens (tertiary/aromatic N) is 3. The first kappa shape index (κ1) is 20.8. The van der Waals surface area contributed by atoms with E-state index in [9.17, 15) is 9.59 Å². The van der Waals surface area contributed by atoms with Crippen LogP contribution in [-0.2, 0) is 4.79 Å². The Labute approximate surface area is 180 Å². The number of hydrogen-bond donors (Lipinski definition) is 1. The van der Waals surface area contributed by atoms with E-state index < -0.39 is 6.04 Å². The van der Waals surface area contributed by atoms with E-state index in [1.807, 2.05) is 44.2 Å². The summed E-state index contributed by atoms with van der Waals surface area (Å²) >= 11 is 0. The Morgan fingerprint density at radius 1 is 1.10 bits per heavy atom. The number of aromatic nitrogens is 2. The fraction of sp³-hybridized carbons (Fsp3) is 0.391. The molecule has 2 amide bonds. The molecule has 1 saturated heterocycles. The molecule has 1 aliphatic heterocycles. The van der Waals surface area contributed by atoms with Gasteiger partial charge in [-0.3, -0.25) is 9.59 Å². The van der Waals surface area contributed by atoms with E-state index in [2.05, 4.69) is 15.5 Å². The third kappa shape index (κ3) is 4.68. The van der Waals surface area contributed by atoms with Crippen molar-refractivity contribution in [3.63, 3.8) is 0 Å². The molecule has 8 nitrogen and oxygen atoms in total. The van der Waals surface area contributed by atoms with Gasteiger partial charge in [0.15, 0.2) is 5.76 Å². The highest BCUT2D eigenvalue weighted by Crippen LogP contribution is 2.29. The fourth-order valence-electron chi connectivity index (χ4n) is 3.78. The Hall–Kier alpha value is -3.42. The number of piperidine rings is 1. The minimum absolute atomic E-state index is 0.0477. The third-order valence-electron chi connectivity index (χ3n) is 5.59. The van der Waals surface area contributed by atoms with E-state index in [0.717, 1.165) is 18.4 Å². The van der Waals surface area contributed by atoms with Crippen molar-refractivity contribution < 1.29 is 18.5 Å². The van der Waals surface area contributed by atoms with Crippen LogP contribution >= 0.6 is 0 Å². The summed E-state index contributed by atoms with van der Waals surface area (Å²) in [5.41, 5.74) is 0.914. The molecular formula is C23H26N4O4. The molecule has 2 aromatic heterocycles. The summed E-state index contributed by atoms with van der Waals surface area (Å²) in [5.74, 6) is 0.989. The van der Waals surface area contributed by atoms with Gasteiger partial charge in [-0.2, -0.15) is 4.98 Å². The summed E-state index contributed by atoms with van der Waals surface area (Å²) < 4.78 is 10.6. The minimum atomic E-state index is -0.609. The van der Waals surface area contributed by atoms with Crippen LogP contribution in [0.2, 0.25) is 0 Å². The Bertz CT molecular complexity index is 1010. The fourth-order valence-corrected chi connectivity index (χ4v) is 3.78. The quantitative estimate of drug-likeness (QED) is 0.652. The minimum Gasteiger partial charge on any atom is -0.459 e. The summed E-state index contributed by atoms with van der Waals surface area (Å²) in [5, 5.41) is 6.92. The topological polar surface area (TPSA) is 101 Å². The molecule has 0 radical (unpaired) electrons. The largest absolute Gasteiger partial charge is 0.459 e. The molecule has 4 rings (SSSR count). The van der Waals surface area contributed by atoms with Crippen LogP contribution in [0.15, 0.2) is 57.7 Å². The Morgan fingerprint density at radius 3 is 2.48 bits per heavy atom. The standard InChI is InChI=1S/C23H26N4O4/c1-15(2)19(24-21(28)18-9-6-14-30-18)23(29)27-12-10-17(11-13-27)22-25-20(26-31-22)16-7-4-3-5-8-16/h3-9,14-15,17,19H,10-13H2,1-2H3,(H,24,28)/t19-/m1/s1. The molecular weight excluding hydrogens is 396 g/mol. The van der Waals surface area contributed by atoms with Crippen LogP contribution in [0.5, 0.6) is 0 Å². The molecule has 0 aliphatic carbocycles. The predicted octanol–water partition coefficient (Wildman–Crippen LogP) is 3.49. The van der Waals surface area contributed by atoms with Crippen molar-refractivity contribution in [2.75, 3.05) is 13.1 Å². The highest BCUT2D eigenvalue weighted by atomic mass is 16.5. The normalized spacial score (nSPS) is 15.8. The SMILES string of the molecule is CC(C)[C@@H](NC(=O)c1ccco1)C(=O)N1CCC(c2nc(-c3ccccc3)no2)CC1. The van der Waals surface area contributed by atoms with Gasteiger partial charge in [-0.05, 0) is 30.9 Å². The number of likely N-dealkylation sites (tertiary alicyclic amines) is 1. The van der Waals surface area contributed by atoms with Crippen molar-refractivity contribution in [2.45, 2.75) is 38.6 Å². The Morgan fingerprint density at radius 2 is 1.84 bits per heavy atom. The first-order chi connectivity index (χ1) is 15.0. The molecule has 8 heteroatoms. The van der Waals surface area contributed by atoms with Crippen molar-refractivity contribution in [1.29, 1.82) is 0 Å². The molecule has 0 unspecified atom stereocenters. The molecule has 31 heavy (non-hydrogen) atoms. The molecule has 1 atom stereocenters. The lowest BCUT2D eigenvalue weighted by molar-refractivity contribution is -0.135. The second-order valence-electron chi connectivity index (χ2n) is 8.09. The maximum Gasteiger partial charge on any atom is 0.287 e. The average molecular weight is 422 g/mol. The highest BCUT2D eigenvalue weighted by molar-refractivity contribution is 5.95. The van der Waals surface area contributed by atoms with Gasteiger partial charge in [0.25, 0.3) is 5.91 Å². The van der Waals surface area contributed by atoms with Crippen LogP contribution < -0.4 is 5.32 Å². The van der Waals surface area contributed by atoms with Crippen LogP contribution in [0.4, 0.5) is 0 Å². The van der Waals surface area contributed by atoms with Gasteiger partial charge in [0.05, 0.1) is 6.26 Å². The molecule has 162 valence electrons. The van der Waals surface area contributed by atoms with Crippen LogP contribution in [0.25, 0.3) is 11.4 Å². The lowest BCUT2D eigenvalue weighted by Gasteiger charge is -2.34. The predicted molar refractivity (Wildman–Crippen MR) is 113 cm³/mol. The molecule has 1 fully saturated rings. The summed E-state index contributed by atoms with van der Waals surface area (Å²) in [6.07, 6.45) is 2.91. The van der Waals surface area contributed by atoms with Crippen LogP contribution in [0.3, 0.4) is 0 Å². The van der Waals surface area contributed by atoms with E-state index in [0.29, 0.717) is 24.8 Å². The van der Waals surface area contributed by atoms with Gasteiger partial charge in [-0.25, -0.2) is 0 Å². The molecule has 1 N–H and O–H groups in total. The van der Waals surface area contributed by atoms with E-state index in [1.165, 1.54) is 6.26 Å². The van der Waals surface area contributed by atoms with Gasteiger partial charge < -0.3 is 19.2 Å². The molecule has 0 spiro atoms. The second-order valence-corrected chi connectivity index (χ2v) is 8.09. The Balaban J connectivity index is 1.36. The molecule has 1 aliphatic rings. The highest BCUT2D eigenvalue weighted by Gasteiger charge is 2.33. The number of hydrogen-bond acceptors (Lipinski definition) is 6. The first-order valence-corrected chi connectivity index (χ1v) is 10.5. The number of benzene rings is 1. The molecule has 0 bridgehead atoms. The molecule has 3 heterocycles. The second kappa shape index (κ2) is 9.16. The molecule has 0 saturated carbocycles. The first-order valence-electron chi connectivity index (χ1n) is 10.5. The number of rotatable bonds is 6. The molecule has 1 aromatic carbocycles. The maximum absolute atomic E-state index is 13.1. The monoisotopic (exact) mass is 422 g/mol. The van der Waals surface area contributed by atoms with Gasteiger partial charge in [0.2, 0.25) is 17.6 Å². The van der Waals surface area contributed by atoms with Crippen molar-refractivity contribution in [1.82, 2.24) is 20.4 Å². The van der Waals surface area contributed by atoms with Gasteiger partial charge in [-0.15, -0.1) is 0 Å². The number of furan rings is 1. The van der Waals surface area contributed by atoms with E-state index >= 15 is 0 Å². The van der Waals surface area contributed by atoms with Crippen molar-refractivity contribution in [3.8, 4) is 11.4 Å². The number of amides is 2. The van der Waals surface area contributed by atoms with E-state index in [-0.39, 0.29) is 29.4 Å². The van der Waals surface area contributed by atoms with Gasteiger partial charge in [-0.1, -0.05) is 49.3 Å². The number of carbonyl (C=O) groups is 2. The zero-order valence-corrected chi connectivity index (χ0v) is 17.7. The smallest absolute Gasteiger partial charge is 0.287 e. The van der Waals surface area contributed by atoms with Crippen LogP contribution in [0.1, 0.15) is 49.1 Å². The number of nitrogens with one attached hydrogen (secondary N) is 1. The van der Waals surface area contributed by atoms with Crippen molar-refractivity contribution >= 4 is 11.8 Å².